The van der Waals surface area contributed by atoms with Crippen LogP contribution in [0.2, 0.25) is 0 Å². The Labute approximate surface area is 139 Å². The first kappa shape index (κ1) is 20.0. The van der Waals surface area contributed by atoms with Crippen molar-refractivity contribution in [2.24, 2.45) is 0 Å². The van der Waals surface area contributed by atoms with E-state index in [-0.39, 0.29) is 5.79 Å². The largest absolute Gasteiger partial charge is 0.350 e. The van der Waals surface area contributed by atoms with Gasteiger partial charge in [0.05, 0.1) is 13.2 Å². The zero-order valence-corrected chi connectivity index (χ0v) is 15.3. The predicted octanol–water partition coefficient (Wildman–Crippen LogP) is 6.62. The molecule has 0 aromatic rings. The Hall–Kier alpha value is -0.0800. The summed E-state index contributed by atoms with van der Waals surface area (Å²) in [5, 5.41) is 0. The molecule has 0 radical (unpaired) electrons. The van der Waals surface area contributed by atoms with Crippen LogP contribution >= 0.6 is 0 Å². The van der Waals surface area contributed by atoms with E-state index in [1.165, 1.54) is 70.6 Å². The lowest BCUT2D eigenvalue weighted by Gasteiger charge is -2.32. The molecule has 1 aliphatic rings. The summed E-state index contributed by atoms with van der Waals surface area (Å²) in [7, 11) is 0. The highest BCUT2D eigenvalue weighted by Gasteiger charge is 2.32. The van der Waals surface area contributed by atoms with Crippen LogP contribution in [-0.4, -0.2) is 19.0 Å². The van der Waals surface area contributed by atoms with Gasteiger partial charge in [0.1, 0.15) is 0 Å². The van der Waals surface area contributed by atoms with Crippen LogP contribution < -0.4 is 0 Å². The fraction of sp³-hybridized carbons (Fsp3) is 1.00. The van der Waals surface area contributed by atoms with Crippen molar-refractivity contribution in [1.29, 1.82) is 0 Å². The Morgan fingerprint density at radius 3 is 1.55 bits per heavy atom. The van der Waals surface area contributed by atoms with Crippen molar-refractivity contribution in [3.8, 4) is 0 Å². The summed E-state index contributed by atoms with van der Waals surface area (Å²) < 4.78 is 12.3. The quantitative estimate of drug-likeness (QED) is 0.356. The van der Waals surface area contributed by atoms with Crippen LogP contribution in [0.4, 0.5) is 0 Å². The minimum Gasteiger partial charge on any atom is -0.350 e. The Bertz CT molecular complexity index is 232. The molecule has 132 valence electrons. The summed E-state index contributed by atoms with van der Waals surface area (Å²) in [4.78, 5) is 0. The van der Waals surface area contributed by atoms with Crippen molar-refractivity contribution in [1.82, 2.24) is 0 Å². The van der Waals surface area contributed by atoms with Gasteiger partial charge in [0.25, 0.3) is 0 Å². The minimum absolute atomic E-state index is 0.242. The van der Waals surface area contributed by atoms with Gasteiger partial charge in [-0.05, 0) is 25.7 Å². The molecule has 1 heterocycles. The summed E-state index contributed by atoms with van der Waals surface area (Å²) in [6, 6.07) is 0. The van der Waals surface area contributed by atoms with E-state index in [4.69, 9.17) is 9.47 Å². The third-order valence-electron chi connectivity index (χ3n) is 4.84. The molecule has 0 aliphatic carbocycles. The molecule has 0 amide bonds. The first-order valence-corrected chi connectivity index (χ1v) is 10.1. The van der Waals surface area contributed by atoms with E-state index >= 15 is 0 Å². The van der Waals surface area contributed by atoms with E-state index in [0.29, 0.717) is 0 Å². The molecule has 0 bridgehead atoms. The fourth-order valence-corrected chi connectivity index (χ4v) is 3.35. The maximum atomic E-state index is 6.17. The summed E-state index contributed by atoms with van der Waals surface area (Å²) in [6.07, 6.45) is 19.3. The second kappa shape index (κ2) is 13.4. The molecule has 0 N–H and O–H groups in total. The maximum absolute atomic E-state index is 6.17. The molecule has 0 unspecified atom stereocenters. The van der Waals surface area contributed by atoms with Crippen molar-refractivity contribution in [3.63, 3.8) is 0 Å². The predicted molar refractivity (Wildman–Crippen MR) is 95.2 cm³/mol. The monoisotopic (exact) mass is 312 g/mol. The Kier molecular flexibility index (Phi) is 12.1. The first-order chi connectivity index (χ1) is 10.8. The van der Waals surface area contributed by atoms with Gasteiger partial charge in [0.2, 0.25) is 0 Å². The topological polar surface area (TPSA) is 18.5 Å². The Morgan fingerprint density at radius 2 is 1.00 bits per heavy atom. The van der Waals surface area contributed by atoms with Crippen molar-refractivity contribution < 1.29 is 9.47 Å². The average molecular weight is 313 g/mol. The van der Waals surface area contributed by atoms with Crippen LogP contribution in [0.1, 0.15) is 110 Å². The van der Waals surface area contributed by atoms with E-state index in [9.17, 15) is 0 Å². The smallest absolute Gasteiger partial charge is 0.168 e. The van der Waals surface area contributed by atoms with E-state index < -0.39 is 0 Å². The third-order valence-corrected chi connectivity index (χ3v) is 4.84. The summed E-state index contributed by atoms with van der Waals surface area (Å²) >= 11 is 0. The van der Waals surface area contributed by atoms with Crippen molar-refractivity contribution in [2.45, 2.75) is 116 Å². The number of unbranched alkanes of at least 4 members (excludes halogenated alkanes) is 9. The van der Waals surface area contributed by atoms with Gasteiger partial charge in [-0.15, -0.1) is 0 Å². The van der Waals surface area contributed by atoms with Crippen LogP contribution in [0.5, 0.6) is 0 Å². The summed E-state index contributed by atoms with van der Waals surface area (Å²) in [5.74, 6) is -0.242. The lowest BCUT2D eigenvalue weighted by molar-refractivity contribution is -0.234. The molecule has 0 saturated carbocycles. The van der Waals surface area contributed by atoms with E-state index in [0.717, 1.165) is 38.9 Å². The fourth-order valence-electron chi connectivity index (χ4n) is 3.35. The number of rotatable bonds is 13. The zero-order chi connectivity index (χ0) is 15.9. The molecule has 2 nitrogen and oxygen atoms in total. The molecule has 0 spiro atoms. The maximum Gasteiger partial charge on any atom is 0.168 e. The minimum atomic E-state index is -0.242. The van der Waals surface area contributed by atoms with Crippen molar-refractivity contribution in [2.75, 3.05) is 13.2 Å². The normalized spacial score (nSPS) is 18.3. The van der Waals surface area contributed by atoms with Crippen molar-refractivity contribution >= 4 is 0 Å². The summed E-state index contributed by atoms with van der Waals surface area (Å²) in [6.45, 7) is 6.33. The van der Waals surface area contributed by atoms with E-state index in [1.54, 1.807) is 0 Å². The molecule has 1 aliphatic heterocycles. The highest BCUT2D eigenvalue weighted by molar-refractivity contribution is 4.73. The van der Waals surface area contributed by atoms with Gasteiger partial charge >= 0.3 is 0 Å². The van der Waals surface area contributed by atoms with Crippen LogP contribution in [0.15, 0.2) is 0 Å². The van der Waals surface area contributed by atoms with Crippen LogP contribution in [0.25, 0.3) is 0 Å². The highest BCUT2D eigenvalue weighted by Crippen LogP contribution is 2.30. The van der Waals surface area contributed by atoms with E-state index in [1.807, 2.05) is 0 Å². The average Bonchev–Trinajstić information content (AvgIpc) is 2.76. The van der Waals surface area contributed by atoms with E-state index in [2.05, 4.69) is 13.8 Å². The summed E-state index contributed by atoms with van der Waals surface area (Å²) in [5.41, 5.74) is 0. The highest BCUT2D eigenvalue weighted by atomic mass is 16.7. The lowest BCUT2D eigenvalue weighted by atomic mass is 9.99. The molecule has 0 aromatic heterocycles. The van der Waals surface area contributed by atoms with Crippen LogP contribution in [0, 0.1) is 0 Å². The number of ether oxygens (including phenoxy) is 2. The van der Waals surface area contributed by atoms with Gasteiger partial charge in [-0.2, -0.15) is 0 Å². The van der Waals surface area contributed by atoms with Gasteiger partial charge in [-0.3, -0.25) is 0 Å². The van der Waals surface area contributed by atoms with Gasteiger partial charge in [0.15, 0.2) is 5.79 Å². The van der Waals surface area contributed by atoms with Gasteiger partial charge in [0, 0.05) is 12.8 Å². The van der Waals surface area contributed by atoms with Crippen molar-refractivity contribution in [3.05, 3.63) is 0 Å². The van der Waals surface area contributed by atoms with Gasteiger partial charge in [-0.1, -0.05) is 71.6 Å². The zero-order valence-electron chi connectivity index (χ0n) is 15.3. The second-order valence-corrected chi connectivity index (χ2v) is 7.00. The first-order valence-electron chi connectivity index (χ1n) is 10.1. The van der Waals surface area contributed by atoms with Crippen LogP contribution in [0.3, 0.4) is 0 Å². The molecule has 0 aromatic carbocycles. The number of hydrogen-bond acceptors (Lipinski definition) is 2. The molecular weight excluding hydrogens is 272 g/mol. The Balaban J connectivity index is 2.19. The van der Waals surface area contributed by atoms with Crippen LogP contribution in [-0.2, 0) is 9.47 Å². The molecule has 1 rings (SSSR count). The number of hydrogen-bond donors (Lipinski definition) is 0. The molecular formula is C20H40O2. The molecule has 22 heavy (non-hydrogen) atoms. The van der Waals surface area contributed by atoms with Gasteiger partial charge in [-0.25, -0.2) is 0 Å². The molecule has 2 heteroatoms. The second-order valence-electron chi connectivity index (χ2n) is 7.00. The SMILES string of the molecule is CCCCCCCCCCC1(CCCCC)OCCCCO1. The molecule has 1 fully saturated rings. The van der Waals surface area contributed by atoms with Gasteiger partial charge < -0.3 is 9.47 Å². The Morgan fingerprint density at radius 1 is 0.591 bits per heavy atom. The standard InChI is InChI=1S/C20H40O2/c1-3-5-7-8-9-10-11-13-17-20(16-12-6-4-2)21-18-14-15-19-22-20/h3-19H2,1-2H3. The molecule has 1 saturated heterocycles. The lowest BCUT2D eigenvalue weighted by Crippen LogP contribution is -2.35. The molecule has 0 atom stereocenters. The third kappa shape index (κ3) is 9.15.